The average molecular weight is 263 g/mol. The van der Waals surface area contributed by atoms with E-state index in [2.05, 4.69) is 46.1 Å². The highest BCUT2D eigenvalue weighted by molar-refractivity contribution is 5.08. The van der Waals surface area contributed by atoms with Crippen molar-refractivity contribution in [3.63, 3.8) is 0 Å². The van der Waals surface area contributed by atoms with Gasteiger partial charge in [-0.25, -0.2) is 0 Å². The number of nitrogens with one attached hydrogen (secondary N) is 1. The fourth-order valence-corrected chi connectivity index (χ4v) is 2.61. The molecule has 0 spiro atoms. The third-order valence-corrected chi connectivity index (χ3v) is 3.80. The van der Waals surface area contributed by atoms with Crippen molar-refractivity contribution in [2.75, 3.05) is 40.3 Å². The van der Waals surface area contributed by atoms with Crippen LogP contribution in [0.2, 0.25) is 0 Å². The van der Waals surface area contributed by atoms with Gasteiger partial charge in [0, 0.05) is 38.1 Å². The Morgan fingerprint density at radius 1 is 1.37 bits per heavy atom. The maximum absolute atomic E-state index is 4.50. The highest BCUT2D eigenvalue weighted by atomic mass is 15.3. The van der Waals surface area contributed by atoms with Gasteiger partial charge in [-0.05, 0) is 27.1 Å². The second-order valence-electron chi connectivity index (χ2n) is 5.37. The highest BCUT2D eigenvalue weighted by Gasteiger charge is 2.31. The fraction of sp³-hybridized carbons (Fsp3) is 0.714. The predicted octanol–water partition coefficient (Wildman–Crippen LogP) is 0.763. The Bertz CT molecular complexity index is 369. The average Bonchev–Trinajstić information content (AvgIpc) is 2.44. The molecule has 2 rings (SSSR count). The van der Waals surface area contributed by atoms with Gasteiger partial charge in [-0.2, -0.15) is 0 Å². The molecule has 19 heavy (non-hydrogen) atoms. The molecular weight excluding hydrogens is 238 g/mol. The van der Waals surface area contributed by atoms with Gasteiger partial charge in [-0.1, -0.05) is 6.92 Å². The lowest BCUT2D eigenvalue weighted by molar-refractivity contribution is 0.0864. The summed E-state index contributed by atoms with van der Waals surface area (Å²) in [4.78, 5) is 13.5. The lowest BCUT2D eigenvalue weighted by Gasteiger charge is -2.41. The Labute approximate surface area is 116 Å². The van der Waals surface area contributed by atoms with Crippen LogP contribution in [-0.4, -0.2) is 66.1 Å². The summed E-state index contributed by atoms with van der Waals surface area (Å²) >= 11 is 0. The minimum absolute atomic E-state index is 0.251. The molecule has 0 saturated carbocycles. The zero-order valence-corrected chi connectivity index (χ0v) is 12.2. The van der Waals surface area contributed by atoms with Crippen LogP contribution in [0, 0.1) is 0 Å². The molecule has 0 radical (unpaired) electrons. The fourth-order valence-electron chi connectivity index (χ4n) is 2.61. The summed E-state index contributed by atoms with van der Waals surface area (Å²) in [5, 5.41) is 3.64. The number of hydrogen-bond donors (Lipinski definition) is 1. The maximum Gasteiger partial charge on any atom is 0.0772 e. The van der Waals surface area contributed by atoms with Gasteiger partial charge in [-0.15, -0.1) is 0 Å². The molecule has 2 unspecified atom stereocenters. The van der Waals surface area contributed by atoms with E-state index in [1.54, 1.807) is 12.4 Å². The van der Waals surface area contributed by atoms with E-state index in [1.807, 2.05) is 6.20 Å². The first kappa shape index (κ1) is 14.4. The van der Waals surface area contributed by atoms with Crippen LogP contribution in [0.15, 0.2) is 18.6 Å². The summed E-state index contributed by atoms with van der Waals surface area (Å²) in [5.74, 6) is 0. The third kappa shape index (κ3) is 3.72. The van der Waals surface area contributed by atoms with Crippen molar-refractivity contribution in [1.29, 1.82) is 0 Å². The number of likely N-dealkylation sites (N-methyl/N-ethyl adjacent to an activating group) is 2. The zero-order valence-electron chi connectivity index (χ0n) is 12.2. The summed E-state index contributed by atoms with van der Waals surface area (Å²) in [7, 11) is 4.39. The molecule has 1 aliphatic rings. The van der Waals surface area contributed by atoms with Crippen molar-refractivity contribution in [1.82, 2.24) is 25.1 Å². The Kier molecular flexibility index (Phi) is 5.24. The van der Waals surface area contributed by atoms with Gasteiger partial charge in [0.1, 0.15) is 0 Å². The third-order valence-electron chi connectivity index (χ3n) is 3.80. The number of rotatable bonds is 5. The SMILES string of the molecule is CCCNC(c1cnccn1)C1CN(C)CCN1C. The maximum atomic E-state index is 4.50. The molecule has 0 bridgehead atoms. The lowest BCUT2D eigenvalue weighted by Crippen LogP contribution is -2.55. The van der Waals surface area contributed by atoms with Crippen molar-refractivity contribution in [3.05, 3.63) is 24.3 Å². The van der Waals surface area contributed by atoms with E-state index in [4.69, 9.17) is 0 Å². The van der Waals surface area contributed by atoms with Crippen molar-refractivity contribution in [3.8, 4) is 0 Å². The predicted molar refractivity (Wildman–Crippen MR) is 77.0 cm³/mol. The Morgan fingerprint density at radius 3 is 2.89 bits per heavy atom. The first-order valence-corrected chi connectivity index (χ1v) is 7.10. The monoisotopic (exact) mass is 263 g/mol. The smallest absolute Gasteiger partial charge is 0.0772 e. The van der Waals surface area contributed by atoms with Crippen molar-refractivity contribution >= 4 is 0 Å². The second-order valence-corrected chi connectivity index (χ2v) is 5.37. The summed E-state index contributed by atoms with van der Waals surface area (Å²) in [6.45, 7) is 6.50. The number of piperazine rings is 1. The molecule has 1 aromatic rings. The molecule has 1 aromatic heterocycles. The van der Waals surface area contributed by atoms with Gasteiger partial charge in [0.2, 0.25) is 0 Å². The molecule has 1 N–H and O–H groups in total. The van der Waals surface area contributed by atoms with Crippen LogP contribution in [-0.2, 0) is 0 Å². The molecule has 5 heteroatoms. The van der Waals surface area contributed by atoms with Crippen LogP contribution < -0.4 is 5.32 Å². The van der Waals surface area contributed by atoms with E-state index < -0.39 is 0 Å². The van der Waals surface area contributed by atoms with Gasteiger partial charge < -0.3 is 10.2 Å². The Hall–Kier alpha value is -1.04. The quantitative estimate of drug-likeness (QED) is 0.850. The normalized spacial score (nSPS) is 23.4. The highest BCUT2D eigenvalue weighted by Crippen LogP contribution is 2.21. The Balaban J connectivity index is 2.16. The van der Waals surface area contributed by atoms with Gasteiger partial charge in [0.05, 0.1) is 17.9 Å². The van der Waals surface area contributed by atoms with E-state index >= 15 is 0 Å². The molecule has 1 fully saturated rings. The van der Waals surface area contributed by atoms with E-state index in [0.29, 0.717) is 6.04 Å². The summed E-state index contributed by atoms with van der Waals surface area (Å²) in [5.41, 5.74) is 1.04. The molecule has 1 aliphatic heterocycles. The van der Waals surface area contributed by atoms with Crippen molar-refractivity contribution in [2.45, 2.75) is 25.4 Å². The van der Waals surface area contributed by atoms with E-state index in [-0.39, 0.29) is 6.04 Å². The summed E-state index contributed by atoms with van der Waals surface area (Å²) in [6.07, 6.45) is 6.53. The minimum atomic E-state index is 0.251. The van der Waals surface area contributed by atoms with Crippen LogP contribution in [0.1, 0.15) is 25.1 Å². The van der Waals surface area contributed by atoms with Gasteiger partial charge >= 0.3 is 0 Å². The molecular formula is C14H25N5. The number of hydrogen-bond acceptors (Lipinski definition) is 5. The van der Waals surface area contributed by atoms with Crippen LogP contribution in [0.4, 0.5) is 0 Å². The standard InChI is InChI=1S/C14H25N5/c1-4-5-17-14(12-10-15-6-7-16-12)13-11-18(2)8-9-19(13)3/h6-7,10,13-14,17H,4-5,8-9,11H2,1-3H3. The van der Waals surface area contributed by atoms with Crippen molar-refractivity contribution in [2.24, 2.45) is 0 Å². The van der Waals surface area contributed by atoms with E-state index in [0.717, 1.165) is 38.3 Å². The van der Waals surface area contributed by atoms with Crippen LogP contribution in [0.3, 0.4) is 0 Å². The molecule has 106 valence electrons. The van der Waals surface area contributed by atoms with E-state index in [1.165, 1.54) is 0 Å². The Morgan fingerprint density at radius 2 is 2.21 bits per heavy atom. The van der Waals surface area contributed by atoms with E-state index in [9.17, 15) is 0 Å². The second kappa shape index (κ2) is 6.93. The van der Waals surface area contributed by atoms with Gasteiger partial charge in [0.25, 0.3) is 0 Å². The summed E-state index contributed by atoms with van der Waals surface area (Å²) in [6, 6.07) is 0.698. The summed E-state index contributed by atoms with van der Waals surface area (Å²) < 4.78 is 0. The first-order chi connectivity index (χ1) is 9.22. The molecule has 1 saturated heterocycles. The lowest BCUT2D eigenvalue weighted by atomic mass is 10.0. The van der Waals surface area contributed by atoms with Crippen molar-refractivity contribution < 1.29 is 0 Å². The molecule has 5 nitrogen and oxygen atoms in total. The van der Waals surface area contributed by atoms with Crippen LogP contribution in [0.5, 0.6) is 0 Å². The topological polar surface area (TPSA) is 44.3 Å². The molecule has 2 heterocycles. The molecule has 0 aromatic carbocycles. The van der Waals surface area contributed by atoms with Gasteiger partial charge in [0.15, 0.2) is 0 Å². The molecule has 0 amide bonds. The number of aromatic nitrogens is 2. The van der Waals surface area contributed by atoms with Gasteiger partial charge in [-0.3, -0.25) is 14.9 Å². The van der Waals surface area contributed by atoms with Crippen LogP contribution >= 0.6 is 0 Å². The first-order valence-electron chi connectivity index (χ1n) is 7.10. The zero-order chi connectivity index (χ0) is 13.7. The minimum Gasteiger partial charge on any atom is -0.307 e. The molecule has 0 aliphatic carbocycles. The molecule has 2 atom stereocenters. The van der Waals surface area contributed by atoms with Crippen LogP contribution in [0.25, 0.3) is 0 Å². The number of nitrogens with zero attached hydrogens (tertiary/aromatic N) is 4. The largest absolute Gasteiger partial charge is 0.307 e.